The monoisotopic (exact) mass is 241 g/mol. The minimum absolute atomic E-state index is 0.473. The standard InChI is InChI=1S/C12H20ClN3/c1-5-7-9(3)16(4)12-8-10(13)14-11(6-2)15-12/h8-9H,5-7H2,1-4H3. The van der Waals surface area contributed by atoms with Crippen molar-refractivity contribution in [2.45, 2.75) is 46.1 Å². The Hall–Kier alpha value is -0.830. The van der Waals surface area contributed by atoms with E-state index in [9.17, 15) is 0 Å². The Bertz CT molecular complexity index is 341. The van der Waals surface area contributed by atoms with Crippen molar-refractivity contribution in [3.05, 3.63) is 17.0 Å². The first-order valence-corrected chi connectivity index (χ1v) is 6.22. The molecule has 1 unspecified atom stereocenters. The molecule has 1 aromatic heterocycles. The minimum atomic E-state index is 0.473. The Labute approximate surface area is 103 Å². The van der Waals surface area contributed by atoms with Gasteiger partial charge in [-0.1, -0.05) is 31.9 Å². The van der Waals surface area contributed by atoms with Gasteiger partial charge in [-0.3, -0.25) is 0 Å². The van der Waals surface area contributed by atoms with Gasteiger partial charge in [0.2, 0.25) is 0 Å². The second-order valence-corrected chi connectivity index (χ2v) is 4.45. The van der Waals surface area contributed by atoms with Crippen LogP contribution in [0.1, 0.15) is 39.4 Å². The molecule has 0 bridgehead atoms. The molecule has 90 valence electrons. The molecule has 4 heteroatoms. The fourth-order valence-corrected chi connectivity index (χ4v) is 1.82. The molecule has 0 aliphatic carbocycles. The number of nitrogens with zero attached hydrogens (tertiary/aromatic N) is 3. The minimum Gasteiger partial charge on any atom is -0.357 e. The average Bonchev–Trinajstić information content (AvgIpc) is 2.27. The lowest BCUT2D eigenvalue weighted by molar-refractivity contribution is 0.609. The second kappa shape index (κ2) is 6.04. The summed E-state index contributed by atoms with van der Waals surface area (Å²) in [5.74, 6) is 1.72. The Balaban J connectivity index is 2.89. The van der Waals surface area contributed by atoms with Crippen molar-refractivity contribution in [2.75, 3.05) is 11.9 Å². The molecular formula is C12H20ClN3. The number of hydrogen-bond acceptors (Lipinski definition) is 3. The molecule has 3 nitrogen and oxygen atoms in total. The van der Waals surface area contributed by atoms with E-state index < -0.39 is 0 Å². The molecule has 0 aliphatic heterocycles. The van der Waals surface area contributed by atoms with Crippen LogP contribution in [0.2, 0.25) is 5.15 Å². The maximum atomic E-state index is 5.98. The zero-order valence-electron chi connectivity index (χ0n) is 10.5. The third-order valence-electron chi connectivity index (χ3n) is 2.77. The Morgan fingerprint density at radius 1 is 1.38 bits per heavy atom. The van der Waals surface area contributed by atoms with Crippen molar-refractivity contribution in [1.29, 1.82) is 0 Å². The van der Waals surface area contributed by atoms with Crippen LogP contribution in [0.15, 0.2) is 6.07 Å². The summed E-state index contributed by atoms with van der Waals surface area (Å²) in [7, 11) is 2.05. The van der Waals surface area contributed by atoms with E-state index in [4.69, 9.17) is 11.6 Å². The van der Waals surface area contributed by atoms with Crippen LogP contribution in [0.25, 0.3) is 0 Å². The molecule has 0 saturated carbocycles. The molecule has 0 aliphatic rings. The van der Waals surface area contributed by atoms with Crippen LogP contribution in [-0.4, -0.2) is 23.1 Å². The average molecular weight is 242 g/mol. The lowest BCUT2D eigenvalue weighted by atomic mass is 10.2. The van der Waals surface area contributed by atoms with Gasteiger partial charge in [0, 0.05) is 25.6 Å². The third-order valence-corrected chi connectivity index (χ3v) is 2.97. The number of rotatable bonds is 5. The highest BCUT2D eigenvalue weighted by Gasteiger charge is 2.12. The van der Waals surface area contributed by atoms with Crippen LogP contribution in [0.4, 0.5) is 5.82 Å². The van der Waals surface area contributed by atoms with Gasteiger partial charge in [-0.2, -0.15) is 0 Å². The van der Waals surface area contributed by atoms with E-state index in [1.54, 1.807) is 0 Å². The third kappa shape index (κ3) is 3.34. The van der Waals surface area contributed by atoms with E-state index in [1.165, 1.54) is 6.42 Å². The van der Waals surface area contributed by atoms with Crippen molar-refractivity contribution in [3.8, 4) is 0 Å². The van der Waals surface area contributed by atoms with Crippen molar-refractivity contribution in [2.24, 2.45) is 0 Å². The molecule has 16 heavy (non-hydrogen) atoms. The molecule has 0 N–H and O–H groups in total. The topological polar surface area (TPSA) is 29.0 Å². The van der Waals surface area contributed by atoms with Gasteiger partial charge in [0.15, 0.2) is 0 Å². The van der Waals surface area contributed by atoms with E-state index in [-0.39, 0.29) is 0 Å². The summed E-state index contributed by atoms with van der Waals surface area (Å²) in [6, 6.07) is 2.30. The van der Waals surface area contributed by atoms with Gasteiger partial charge in [-0.05, 0) is 13.3 Å². The van der Waals surface area contributed by atoms with Crippen LogP contribution >= 0.6 is 11.6 Å². The summed E-state index contributed by atoms with van der Waals surface area (Å²) in [6.45, 7) is 6.42. The fourth-order valence-electron chi connectivity index (χ4n) is 1.63. The molecule has 0 saturated heterocycles. The molecule has 0 radical (unpaired) electrons. The first-order chi connectivity index (χ1) is 7.58. The van der Waals surface area contributed by atoms with E-state index in [0.717, 1.165) is 24.5 Å². The molecule has 0 fully saturated rings. The summed E-state index contributed by atoms with van der Waals surface area (Å²) in [6.07, 6.45) is 3.13. The lowest BCUT2D eigenvalue weighted by Crippen LogP contribution is -2.29. The lowest BCUT2D eigenvalue weighted by Gasteiger charge is -2.25. The van der Waals surface area contributed by atoms with E-state index in [0.29, 0.717) is 11.2 Å². The summed E-state index contributed by atoms with van der Waals surface area (Å²) >= 11 is 5.98. The first-order valence-electron chi connectivity index (χ1n) is 5.84. The first kappa shape index (κ1) is 13.2. The van der Waals surface area contributed by atoms with Gasteiger partial charge < -0.3 is 4.90 Å². The van der Waals surface area contributed by atoms with Crippen LogP contribution in [-0.2, 0) is 6.42 Å². The molecule has 0 aromatic carbocycles. The van der Waals surface area contributed by atoms with Gasteiger partial charge in [-0.15, -0.1) is 0 Å². The highest BCUT2D eigenvalue weighted by atomic mass is 35.5. The van der Waals surface area contributed by atoms with Gasteiger partial charge in [-0.25, -0.2) is 9.97 Å². The van der Waals surface area contributed by atoms with Gasteiger partial charge in [0.1, 0.15) is 16.8 Å². The summed E-state index contributed by atoms with van der Waals surface area (Å²) in [5.41, 5.74) is 0. The van der Waals surface area contributed by atoms with Gasteiger partial charge in [0.05, 0.1) is 0 Å². The van der Waals surface area contributed by atoms with Crippen LogP contribution < -0.4 is 4.90 Å². The molecule has 1 atom stereocenters. The van der Waals surface area contributed by atoms with Crippen LogP contribution in [0, 0.1) is 0 Å². The quantitative estimate of drug-likeness (QED) is 0.741. The van der Waals surface area contributed by atoms with E-state index >= 15 is 0 Å². The fraction of sp³-hybridized carbons (Fsp3) is 0.667. The highest BCUT2D eigenvalue weighted by Crippen LogP contribution is 2.18. The van der Waals surface area contributed by atoms with E-state index in [1.807, 2.05) is 13.0 Å². The highest BCUT2D eigenvalue weighted by molar-refractivity contribution is 6.29. The normalized spacial score (nSPS) is 12.6. The zero-order valence-corrected chi connectivity index (χ0v) is 11.3. The number of aromatic nitrogens is 2. The predicted molar refractivity (Wildman–Crippen MR) is 69.2 cm³/mol. The molecular weight excluding hydrogens is 222 g/mol. The molecule has 1 heterocycles. The number of hydrogen-bond donors (Lipinski definition) is 0. The molecule has 0 spiro atoms. The molecule has 0 amide bonds. The van der Waals surface area contributed by atoms with Gasteiger partial charge >= 0.3 is 0 Å². The number of aryl methyl sites for hydroxylation is 1. The Morgan fingerprint density at radius 3 is 2.62 bits per heavy atom. The zero-order chi connectivity index (χ0) is 12.1. The van der Waals surface area contributed by atoms with Crippen LogP contribution in [0.5, 0.6) is 0 Å². The second-order valence-electron chi connectivity index (χ2n) is 4.07. The van der Waals surface area contributed by atoms with Crippen molar-refractivity contribution in [1.82, 2.24) is 9.97 Å². The van der Waals surface area contributed by atoms with Crippen molar-refractivity contribution in [3.63, 3.8) is 0 Å². The number of anilines is 1. The summed E-state index contributed by atoms with van der Waals surface area (Å²) in [4.78, 5) is 10.8. The number of halogens is 1. The van der Waals surface area contributed by atoms with Crippen LogP contribution in [0.3, 0.4) is 0 Å². The largest absolute Gasteiger partial charge is 0.357 e. The molecule has 1 rings (SSSR count). The maximum Gasteiger partial charge on any atom is 0.134 e. The maximum absolute atomic E-state index is 5.98. The van der Waals surface area contributed by atoms with E-state index in [2.05, 4.69) is 35.8 Å². The predicted octanol–water partition coefficient (Wildman–Crippen LogP) is 3.32. The summed E-state index contributed by atoms with van der Waals surface area (Å²) in [5, 5.41) is 0.525. The SMILES string of the molecule is CCCC(C)N(C)c1cc(Cl)nc(CC)n1. The Morgan fingerprint density at radius 2 is 2.06 bits per heavy atom. The summed E-state index contributed by atoms with van der Waals surface area (Å²) < 4.78 is 0. The van der Waals surface area contributed by atoms with Gasteiger partial charge in [0.25, 0.3) is 0 Å². The Kier molecular flexibility index (Phi) is 5.00. The smallest absolute Gasteiger partial charge is 0.134 e. The molecule has 1 aromatic rings. The van der Waals surface area contributed by atoms with Crippen molar-refractivity contribution >= 4 is 17.4 Å². The van der Waals surface area contributed by atoms with Crippen molar-refractivity contribution < 1.29 is 0 Å².